The number of esters is 1. The van der Waals surface area contributed by atoms with Crippen molar-refractivity contribution in [3.63, 3.8) is 0 Å². The minimum atomic E-state index is -0.128. The minimum absolute atomic E-state index is 0. The SMILES string of the molecule is COC(=O)CCC1CCC(C2=NN(C(=O)NCc3cccnc3)C(C3CCNCC3)S2)CC1.Cl.Cl. The van der Waals surface area contributed by atoms with Gasteiger partial charge in [-0.05, 0) is 81.5 Å². The van der Waals surface area contributed by atoms with Crippen molar-refractivity contribution >= 4 is 53.6 Å². The number of methoxy groups -OCH3 is 1. The van der Waals surface area contributed by atoms with Gasteiger partial charge in [-0.15, -0.1) is 24.8 Å². The van der Waals surface area contributed by atoms with E-state index in [4.69, 9.17) is 9.84 Å². The molecule has 1 aliphatic carbocycles. The summed E-state index contributed by atoms with van der Waals surface area (Å²) < 4.78 is 4.78. The molecule has 4 rings (SSSR count). The van der Waals surface area contributed by atoms with Gasteiger partial charge in [0.1, 0.15) is 5.37 Å². The van der Waals surface area contributed by atoms with Gasteiger partial charge in [0, 0.05) is 31.3 Å². The number of halogens is 2. The van der Waals surface area contributed by atoms with Crippen molar-refractivity contribution in [2.45, 2.75) is 63.3 Å². The highest BCUT2D eigenvalue weighted by atomic mass is 35.5. The Morgan fingerprint density at radius 2 is 1.91 bits per heavy atom. The molecule has 0 bridgehead atoms. The fourth-order valence-electron chi connectivity index (χ4n) is 5.01. The molecule has 1 unspecified atom stereocenters. The predicted octanol–water partition coefficient (Wildman–Crippen LogP) is 4.58. The summed E-state index contributed by atoms with van der Waals surface area (Å²) in [6.07, 6.45) is 11.4. The number of amides is 2. The molecular weight excluding hydrogens is 509 g/mol. The van der Waals surface area contributed by atoms with Crippen LogP contribution in [0.2, 0.25) is 0 Å². The Hall–Kier alpha value is -1.55. The molecular formula is C24H37Cl2N5O3S. The fourth-order valence-corrected chi connectivity index (χ4v) is 6.53. The van der Waals surface area contributed by atoms with Gasteiger partial charge in [-0.25, -0.2) is 9.80 Å². The first-order valence-corrected chi connectivity index (χ1v) is 13.0. The largest absolute Gasteiger partial charge is 0.469 e. The van der Waals surface area contributed by atoms with E-state index in [-0.39, 0.29) is 42.2 Å². The number of carbonyl (C=O) groups is 2. The highest BCUT2D eigenvalue weighted by Crippen LogP contribution is 2.42. The monoisotopic (exact) mass is 545 g/mol. The van der Waals surface area contributed by atoms with E-state index in [1.54, 1.807) is 29.2 Å². The zero-order chi connectivity index (χ0) is 23.0. The van der Waals surface area contributed by atoms with Gasteiger partial charge in [0.25, 0.3) is 0 Å². The number of nitrogens with one attached hydrogen (secondary N) is 2. The molecule has 0 radical (unpaired) electrons. The van der Waals surface area contributed by atoms with Gasteiger partial charge >= 0.3 is 12.0 Å². The van der Waals surface area contributed by atoms with Gasteiger partial charge < -0.3 is 15.4 Å². The summed E-state index contributed by atoms with van der Waals surface area (Å²) in [5.74, 6) is 1.31. The van der Waals surface area contributed by atoms with Crippen molar-refractivity contribution in [2.75, 3.05) is 20.2 Å². The lowest BCUT2D eigenvalue weighted by Gasteiger charge is -2.32. The second-order valence-corrected chi connectivity index (χ2v) is 10.4. The van der Waals surface area contributed by atoms with Gasteiger partial charge in [0.05, 0.1) is 12.2 Å². The van der Waals surface area contributed by atoms with Crippen molar-refractivity contribution < 1.29 is 14.3 Å². The summed E-state index contributed by atoms with van der Waals surface area (Å²) in [6, 6.07) is 3.71. The first-order valence-electron chi connectivity index (χ1n) is 12.1. The number of urea groups is 1. The van der Waals surface area contributed by atoms with E-state index in [0.29, 0.717) is 30.7 Å². The van der Waals surface area contributed by atoms with Crippen molar-refractivity contribution in [3.05, 3.63) is 30.1 Å². The third-order valence-electron chi connectivity index (χ3n) is 7.03. The summed E-state index contributed by atoms with van der Waals surface area (Å²) in [4.78, 5) is 28.7. The van der Waals surface area contributed by atoms with E-state index in [1.807, 2.05) is 12.1 Å². The van der Waals surface area contributed by atoms with Crippen LogP contribution in [0.1, 0.15) is 56.9 Å². The van der Waals surface area contributed by atoms with Gasteiger partial charge in [-0.3, -0.25) is 9.78 Å². The second kappa shape index (κ2) is 14.9. The quantitative estimate of drug-likeness (QED) is 0.486. The average molecular weight is 547 g/mol. The summed E-state index contributed by atoms with van der Waals surface area (Å²) in [5.41, 5.74) is 0.977. The number of carbonyl (C=O) groups excluding carboxylic acids is 2. The van der Waals surface area contributed by atoms with Crippen LogP contribution in [-0.2, 0) is 16.1 Å². The first-order chi connectivity index (χ1) is 16.1. The Labute approximate surface area is 224 Å². The average Bonchev–Trinajstić information content (AvgIpc) is 3.33. The zero-order valence-corrected chi connectivity index (χ0v) is 22.6. The number of hydrazone groups is 1. The number of thioether (sulfide) groups is 1. The molecule has 3 aliphatic rings. The van der Waals surface area contributed by atoms with Crippen LogP contribution in [0.4, 0.5) is 4.79 Å². The fraction of sp³-hybridized carbons (Fsp3) is 0.667. The van der Waals surface area contributed by atoms with Crippen molar-refractivity contribution in [2.24, 2.45) is 22.9 Å². The number of piperidine rings is 1. The highest BCUT2D eigenvalue weighted by molar-refractivity contribution is 8.14. The predicted molar refractivity (Wildman–Crippen MR) is 144 cm³/mol. The van der Waals surface area contributed by atoms with E-state index in [2.05, 4.69) is 15.6 Å². The molecule has 1 aromatic heterocycles. The molecule has 35 heavy (non-hydrogen) atoms. The number of rotatable bonds is 7. The van der Waals surface area contributed by atoms with Crippen molar-refractivity contribution in [3.8, 4) is 0 Å². The molecule has 1 atom stereocenters. The zero-order valence-electron chi connectivity index (χ0n) is 20.2. The molecule has 2 N–H and O–H groups in total. The second-order valence-electron chi connectivity index (χ2n) is 9.23. The summed E-state index contributed by atoms with van der Waals surface area (Å²) in [5, 5.41) is 14.2. The summed E-state index contributed by atoms with van der Waals surface area (Å²) in [6.45, 7) is 2.43. The third kappa shape index (κ3) is 8.23. The lowest BCUT2D eigenvalue weighted by Crippen LogP contribution is -2.45. The van der Waals surface area contributed by atoms with Crippen LogP contribution in [0.25, 0.3) is 0 Å². The highest BCUT2D eigenvalue weighted by Gasteiger charge is 2.41. The molecule has 8 nitrogen and oxygen atoms in total. The van der Waals surface area contributed by atoms with E-state index < -0.39 is 0 Å². The number of pyridine rings is 1. The minimum Gasteiger partial charge on any atom is -0.469 e. The van der Waals surface area contributed by atoms with E-state index in [0.717, 1.165) is 68.6 Å². The van der Waals surface area contributed by atoms with Crippen LogP contribution in [0.5, 0.6) is 0 Å². The standard InChI is InChI=1S/C24H35N5O3S.2ClH/c1-32-21(30)9-6-17-4-7-19(8-5-17)22-28-29(23(33-22)20-10-13-25-14-11-20)24(31)27-16-18-3-2-12-26-15-18;;/h2-3,12,15,17,19-20,23,25H,4-11,13-14,16H2,1H3,(H,27,31);2*1H. The van der Waals surface area contributed by atoms with Gasteiger partial charge in [-0.2, -0.15) is 5.10 Å². The smallest absolute Gasteiger partial charge is 0.339 e. The van der Waals surface area contributed by atoms with Crippen LogP contribution in [-0.4, -0.2) is 52.6 Å². The Morgan fingerprint density at radius 1 is 1.17 bits per heavy atom. The molecule has 0 aromatic carbocycles. The molecule has 196 valence electrons. The summed E-state index contributed by atoms with van der Waals surface area (Å²) >= 11 is 1.81. The maximum atomic E-state index is 13.1. The molecule has 3 heterocycles. The van der Waals surface area contributed by atoms with E-state index in [1.165, 1.54) is 7.11 Å². The molecule has 1 aromatic rings. The molecule has 11 heteroatoms. The molecule has 1 saturated heterocycles. The molecule has 1 saturated carbocycles. The molecule has 0 spiro atoms. The van der Waals surface area contributed by atoms with Gasteiger partial charge in [-0.1, -0.05) is 17.8 Å². The molecule has 2 aliphatic heterocycles. The number of ether oxygens (including phenoxy) is 1. The molecule has 2 fully saturated rings. The lowest BCUT2D eigenvalue weighted by atomic mass is 9.80. The van der Waals surface area contributed by atoms with Crippen LogP contribution in [0.15, 0.2) is 29.6 Å². The summed E-state index contributed by atoms with van der Waals surface area (Å²) in [7, 11) is 1.45. The van der Waals surface area contributed by atoms with Crippen LogP contribution < -0.4 is 10.6 Å². The topological polar surface area (TPSA) is 95.9 Å². The maximum absolute atomic E-state index is 13.1. The van der Waals surface area contributed by atoms with Crippen molar-refractivity contribution in [1.82, 2.24) is 20.6 Å². The Morgan fingerprint density at radius 3 is 2.57 bits per heavy atom. The lowest BCUT2D eigenvalue weighted by molar-refractivity contribution is -0.141. The Balaban J connectivity index is 0.00000216. The van der Waals surface area contributed by atoms with Gasteiger partial charge in [0.2, 0.25) is 0 Å². The van der Waals surface area contributed by atoms with Crippen LogP contribution in [0, 0.1) is 17.8 Å². The number of nitrogens with zero attached hydrogens (tertiary/aromatic N) is 3. The third-order valence-corrected chi connectivity index (χ3v) is 8.51. The van der Waals surface area contributed by atoms with E-state index in [9.17, 15) is 9.59 Å². The number of aromatic nitrogens is 1. The Bertz CT molecular complexity index is 834. The van der Waals surface area contributed by atoms with Crippen LogP contribution in [0.3, 0.4) is 0 Å². The first kappa shape index (κ1) is 29.7. The molecule has 2 amide bonds. The maximum Gasteiger partial charge on any atom is 0.339 e. The normalized spacial score (nSPS) is 24.5. The van der Waals surface area contributed by atoms with Crippen molar-refractivity contribution in [1.29, 1.82) is 0 Å². The van der Waals surface area contributed by atoms with Crippen LogP contribution >= 0.6 is 36.6 Å². The van der Waals surface area contributed by atoms with Gasteiger partial charge in [0.15, 0.2) is 0 Å². The number of hydrogen-bond donors (Lipinski definition) is 2. The van der Waals surface area contributed by atoms with E-state index >= 15 is 0 Å². The Kier molecular flexibility index (Phi) is 12.6. The number of hydrogen-bond acceptors (Lipinski definition) is 7.